The summed E-state index contributed by atoms with van der Waals surface area (Å²) in [5, 5.41) is 13.5. The molecule has 0 saturated carbocycles. The Balaban J connectivity index is 2.38. The van der Waals surface area contributed by atoms with Gasteiger partial charge < -0.3 is 10.4 Å². The predicted molar refractivity (Wildman–Crippen MR) is 80.6 cm³/mol. The normalized spacial score (nSPS) is 13.8. The number of halogens is 2. The van der Waals surface area contributed by atoms with E-state index in [4.69, 9.17) is 11.6 Å². The second-order valence-corrected chi connectivity index (χ2v) is 5.47. The molecule has 0 aliphatic carbocycles. The Bertz CT molecular complexity index is 617. The van der Waals surface area contributed by atoms with Gasteiger partial charge in [0.2, 0.25) is 0 Å². The van der Waals surface area contributed by atoms with E-state index in [9.17, 15) is 9.50 Å². The molecular formula is C16H17ClFNO. The smallest absolute Gasteiger partial charge is 0.126 e. The second kappa shape index (κ2) is 5.81. The monoisotopic (exact) mass is 293 g/mol. The maximum Gasteiger partial charge on any atom is 0.126 e. The van der Waals surface area contributed by atoms with E-state index in [2.05, 4.69) is 5.32 Å². The highest BCUT2D eigenvalue weighted by Crippen LogP contribution is 2.30. The summed E-state index contributed by atoms with van der Waals surface area (Å²) in [5.41, 5.74) is 1.14. The number of aliphatic hydroxyl groups excluding tert-OH is 1. The molecule has 0 bridgehead atoms. The molecule has 0 aliphatic heterocycles. The van der Waals surface area contributed by atoms with Gasteiger partial charge in [0.05, 0.1) is 22.9 Å². The van der Waals surface area contributed by atoms with Gasteiger partial charge in [-0.25, -0.2) is 4.39 Å². The van der Waals surface area contributed by atoms with Crippen LogP contribution in [0.1, 0.15) is 18.1 Å². The summed E-state index contributed by atoms with van der Waals surface area (Å²) in [4.78, 5) is 0. The minimum absolute atomic E-state index is 0.180. The predicted octanol–water partition coefficient (Wildman–Crippen LogP) is 4.11. The molecule has 2 rings (SSSR count). The van der Waals surface area contributed by atoms with Crippen molar-refractivity contribution in [2.45, 2.75) is 19.4 Å². The number of hydrogen-bond donors (Lipinski definition) is 2. The fourth-order valence-electron chi connectivity index (χ4n) is 2.00. The molecule has 106 valence electrons. The Morgan fingerprint density at radius 1 is 1.25 bits per heavy atom. The molecule has 0 radical (unpaired) electrons. The van der Waals surface area contributed by atoms with Crippen LogP contribution in [0, 0.1) is 12.7 Å². The van der Waals surface area contributed by atoms with Crippen molar-refractivity contribution < 1.29 is 9.50 Å². The van der Waals surface area contributed by atoms with Crippen LogP contribution in [-0.4, -0.2) is 11.7 Å². The lowest BCUT2D eigenvalue weighted by atomic mass is 9.91. The fourth-order valence-corrected chi connectivity index (χ4v) is 2.18. The molecule has 20 heavy (non-hydrogen) atoms. The van der Waals surface area contributed by atoms with Crippen molar-refractivity contribution in [1.82, 2.24) is 0 Å². The molecule has 2 aromatic rings. The van der Waals surface area contributed by atoms with E-state index >= 15 is 0 Å². The molecule has 0 aliphatic rings. The van der Waals surface area contributed by atoms with E-state index in [1.807, 2.05) is 18.2 Å². The maximum atomic E-state index is 13.7. The minimum Gasteiger partial charge on any atom is -0.394 e. The number of aliphatic hydroxyl groups is 1. The third-order valence-corrected chi connectivity index (χ3v) is 3.74. The van der Waals surface area contributed by atoms with Crippen LogP contribution >= 0.6 is 11.6 Å². The summed E-state index contributed by atoms with van der Waals surface area (Å²) in [6, 6.07) is 12.2. The van der Waals surface area contributed by atoms with Crippen LogP contribution in [0.25, 0.3) is 0 Å². The van der Waals surface area contributed by atoms with Gasteiger partial charge in [-0.05, 0) is 43.2 Å². The second-order valence-electron chi connectivity index (χ2n) is 5.06. The van der Waals surface area contributed by atoms with Gasteiger partial charge in [0.1, 0.15) is 5.82 Å². The van der Waals surface area contributed by atoms with Gasteiger partial charge in [0.25, 0.3) is 0 Å². The lowest BCUT2D eigenvalue weighted by molar-refractivity contribution is 0.223. The van der Waals surface area contributed by atoms with E-state index in [-0.39, 0.29) is 12.4 Å². The van der Waals surface area contributed by atoms with Crippen LogP contribution < -0.4 is 5.32 Å². The average molecular weight is 294 g/mol. The Morgan fingerprint density at radius 2 is 1.95 bits per heavy atom. The number of benzene rings is 2. The van der Waals surface area contributed by atoms with Gasteiger partial charge >= 0.3 is 0 Å². The van der Waals surface area contributed by atoms with Crippen LogP contribution in [0.4, 0.5) is 10.1 Å². The first-order chi connectivity index (χ1) is 9.46. The molecule has 0 amide bonds. The van der Waals surface area contributed by atoms with Crippen LogP contribution in [0.3, 0.4) is 0 Å². The van der Waals surface area contributed by atoms with Gasteiger partial charge in [-0.15, -0.1) is 0 Å². The fraction of sp³-hybridized carbons (Fsp3) is 0.250. The summed E-state index contributed by atoms with van der Waals surface area (Å²) in [6.45, 7) is 3.33. The topological polar surface area (TPSA) is 32.3 Å². The molecule has 2 nitrogen and oxygen atoms in total. The molecule has 2 aromatic carbocycles. The van der Waals surface area contributed by atoms with Gasteiger partial charge in [0.15, 0.2) is 0 Å². The maximum absolute atomic E-state index is 13.7. The Kier molecular flexibility index (Phi) is 4.31. The first-order valence-corrected chi connectivity index (χ1v) is 6.74. The zero-order chi connectivity index (χ0) is 14.8. The first-order valence-electron chi connectivity index (χ1n) is 6.36. The highest BCUT2D eigenvalue weighted by Gasteiger charge is 2.27. The molecule has 0 fully saturated rings. The number of nitrogens with one attached hydrogen (secondary N) is 1. The Morgan fingerprint density at radius 3 is 2.55 bits per heavy atom. The van der Waals surface area contributed by atoms with Crippen molar-refractivity contribution in [1.29, 1.82) is 0 Å². The van der Waals surface area contributed by atoms with E-state index in [0.717, 1.165) is 0 Å². The molecule has 0 spiro atoms. The van der Waals surface area contributed by atoms with Crippen molar-refractivity contribution in [3.63, 3.8) is 0 Å². The minimum atomic E-state index is -0.806. The third-order valence-electron chi connectivity index (χ3n) is 3.41. The number of anilines is 1. The van der Waals surface area contributed by atoms with E-state index in [1.165, 1.54) is 6.07 Å². The van der Waals surface area contributed by atoms with Crippen molar-refractivity contribution in [2.75, 3.05) is 11.9 Å². The summed E-state index contributed by atoms with van der Waals surface area (Å²) >= 11 is 6.11. The summed E-state index contributed by atoms with van der Waals surface area (Å²) in [6.07, 6.45) is 0. The zero-order valence-electron chi connectivity index (χ0n) is 11.5. The van der Waals surface area contributed by atoms with E-state index in [0.29, 0.717) is 21.8 Å². The quantitative estimate of drug-likeness (QED) is 0.889. The van der Waals surface area contributed by atoms with Gasteiger partial charge in [-0.3, -0.25) is 0 Å². The standard InChI is InChI=1S/C16H17ClFNO/c1-11-7-8-12(9-14(11)18)16(2,10-20)19-15-6-4-3-5-13(15)17/h3-9,19-20H,10H2,1-2H3. The third kappa shape index (κ3) is 2.94. The molecule has 0 heterocycles. The molecule has 0 aromatic heterocycles. The van der Waals surface area contributed by atoms with Gasteiger partial charge in [0, 0.05) is 0 Å². The van der Waals surface area contributed by atoms with Crippen molar-refractivity contribution in [3.05, 3.63) is 64.4 Å². The zero-order valence-corrected chi connectivity index (χ0v) is 12.2. The molecule has 4 heteroatoms. The number of para-hydroxylation sites is 1. The van der Waals surface area contributed by atoms with Crippen molar-refractivity contribution >= 4 is 17.3 Å². The summed E-state index contributed by atoms with van der Waals surface area (Å²) < 4.78 is 13.7. The SMILES string of the molecule is Cc1ccc(C(C)(CO)Nc2ccccc2Cl)cc1F. The molecule has 0 saturated heterocycles. The van der Waals surface area contributed by atoms with Gasteiger partial charge in [-0.1, -0.05) is 35.9 Å². The van der Waals surface area contributed by atoms with Crippen LogP contribution in [0.15, 0.2) is 42.5 Å². The Hall–Kier alpha value is -1.58. The van der Waals surface area contributed by atoms with Crippen LogP contribution in [-0.2, 0) is 5.54 Å². The summed E-state index contributed by atoms with van der Waals surface area (Å²) in [7, 11) is 0. The largest absolute Gasteiger partial charge is 0.394 e. The summed E-state index contributed by atoms with van der Waals surface area (Å²) in [5.74, 6) is -0.289. The first kappa shape index (κ1) is 14.8. The van der Waals surface area contributed by atoms with Crippen LogP contribution in [0.5, 0.6) is 0 Å². The molecule has 1 atom stereocenters. The number of hydrogen-bond acceptors (Lipinski definition) is 2. The molecule has 1 unspecified atom stereocenters. The molecular weight excluding hydrogens is 277 g/mol. The van der Waals surface area contributed by atoms with Crippen molar-refractivity contribution in [3.8, 4) is 0 Å². The average Bonchev–Trinajstić information content (AvgIpc) is 2.44. The lowest BCUT2D eigenvalue weighted by Crippen LogP contribution is -2.36. The van der Waals surface area contributed by atoms with E-state index in [1.54, 1.807) is 32.0 Å². The lowest BCUT2D eigenvalue weighted by Gasteiger charge is -2.31. The highest BCUT2D eigenvalue weighted by atomic mass is 35.5. The highest BCUT2D eigenvalue weighted by molar-refractivity contribution is 6.33. The Labute approximate surface area is 123 Å². The van der Waals surface area contributed by atoms with Gasteiger partial charge in [-0.2, -0.15) is 0 Å². The van der Waals surface area contributed by atoms with Crippen molar-refractivity contribution in [2.24, 2.45) is 0 Å². The van der Waals surface area contributed by atoms with Crippen LogP contribution in [0.2, 0.25) is 5.02 Å². The number of rotatable bonds is 4. The van der Waals surface area contributed by atoms with E-state index < -0.39 is 5.54 Å². The molecule has 2 N–H and O–H groups in total. The number of aryl methyl sites for hydroxylation is 1.